The molecule has 2 amide bonds. The monoisotopic (exact) mass is 219 g/mol. The van der Waals surface area contributed by atoms with Crippen LogP contribution >= 0.6 is 0 Å². The summed E-state index contributed by atoms with van der Waals surface area (Å²) in [5.74, 6) is -0.991. The summed E-state index contributed by atoms with van der Waals surface area (Å²) in [5, 5.41) is 15.2. The average molecular weight is 219 g/mol. The van der Waals surface area contributed by atoms with Crippen molar-refractivity contribution in [3.8, 4) is 0 Å². The Kier molecular flexibility index (Phi) is 2.55. The zero-order chi connectivity index (χ0) is 11.5. The van der Waals surface area contributed by atoms with Crippen LogP contribution in [-0.2, 0) is 0 Å². The van der Waals surface area contributed by atoms with E-state index >= 15 is 0 Å². The van der Waals surface area contributed by atoms with Gasteiger partial charge in [-0.3, -0.25) is 0 Å². The number of nitrogens with zero attached hydrogens (tertiary/aromatic N) is 1. The Morgan fingerprint density at radius 3 is 2.88 bits per heavy atom. The highest BCUT2D eigenvalue weighted by Crippen LogP contribution is 2.07. The van der Waals surface area contributed by atoms with Gasteiger partial charge in [-0.15, -0.1) is 0 Å². The van der Waals surface area contributed by atoms with Gasteiger partial charge in [-0.25, -0.2) is 15.0 Å². The predicted molar refractivity (Wildman–Crippen MR) is 56.5 cm³/mol. The maximum absolute atomic E-state index is 10.8. The molecule has 0 spiro atoms. The fraction of sp³-hybridized carbons (Fsp3) is 0.100. The number of carboxylic acid groups (broad SMARTS) is 1. The van der Waals surface area contributed by atoms with Crippen LogP contribution in [0.3, 0.4) is 0 Å². The molecule has 6 heteroatoms. The van der Waals surface area contributed by atoms with Crippen LogP contribution in [-0.4, -0.2) is 29.4 Å². The zero-order valence-electron chi connectivity index (χ0n) is 8.23. The number of rotatable bonds is 2. The average Bonchev–Trinajstić information content (AvgIpc) is 2.30. The van der Waals surface area contributed by atoms with Gasteiger partial charge >= 0.3 is 12.0 Å². The molecule has 0 saturated carbocycles. The maximum atomic E-state index is 10.8. The first-order chi connectivity index (χ1) is 7.66. The van der Waals surface area contributed by atoms with Crippen molar-refractivity contribution in [3.05, 3.63) is 35.4 Å². The van der Waals surface area contributed by atoms with E-state index in [2.05, 4.69) is 15.8 Å². The van der Waals surface area contributed by atoms with Gasteiger partial charge in [0.15, 0.2) is 0 Å². The van der Waals surface area contributed by atoms with Gasteiger partial charge in [0.1, 0.15) is 0 Å². The van der Waals surface area contributed by atoms with Crippen molar-refractivity contribution in [2.24, 2.45) is 5.10 Å². The van der Waals surface area contributed by atoms with Crippen molar-refractivity contribution < 1.29 is 14.7 Å². The first-order valence-corrected chi connectivity index (χ1v) is 4.61. The lowest BCUT2D eigenvalue weighted by atomic mass is 10.1. The molecule has 82 valence electrons. The molecule has 1 aromatic rings. The number of hydrogen-bond donors (Lipinski definition) is 3. The van der Waals surface area contributed by atoms with Gasteiger partial charge in [0.2, 0.25) is 0 Å². The van der Waals surface area contributed by atoms with Crippen molar-refractivity contribution in [3.63, 3.8) is 0 Å². The molecule has 1 heterocycles. The van der Waals surface area contributed by atoms with Crippen LogP contribution in [0.1, 0.15) is 15.9 Å². The molecule has 0 radical (unpaired) electrons. The smallest absolute Gasteiger partial charge is 0.335 e. The van der Waals surface area contributed by atoms with Crippen LogP contribution in [0.5, 0.6) is 0 Å². The van der Waals surface area contributed by atoms with Crippen molar-refractivity contribution in [1.82, 2.24) is 10.7 Å². The third-order valence-corrected chi connectivity index (χ3v) is 2.15. The number of carbonyl (C=O) groups is 2. The number of amides is 2. The van der Waals surface area contributed by atoms with E-state index < -0.39 is 5.97 Å². The molecule has 1 aliphatic rings. The minimum absolute atomic E-state index is 0.192. The second-order valence-electron chi connectivity index (χ2n) is 3.24. The summed E-state index contributed by atoms with van der Waals surface area (Å²) in [6.45, 7) is 0.287. The zero-order valence-corrected chi connectivity index (χ0v) is 8.23. The van der Waals surface area contributed by atoms with Crippen LogP contribution in [0.15, 0.2) is 29.4 Å². The standard InChI is InChI=1S/C10H9N3O3/c14-9(15)7-3-1-2-6(4-7)8-5-11-10(16)13-12-8/h1-4H,5H2,(H,14,15)(H2,11,13,16). The second kappa shape index (κ2) is 4.01. The molecule has 1 aromatic carbocycles. The minimum Gasteiger partial charge on any atom is -0.478 e. The fourth-order valence-corrected chi connectivity index (χ4v) is 1.36. The van der Waals surface area contributed by atoms with Crippen LogP contribution in [0.4, 0.5) is 4.79 Å². The summed E-state index contributed by atoms with van der Waals surface area (Å²) in [4.78, 5) is 21.6. The highest BCUT2D eigenvalue weighted by atomic mass is 16.4. The van der Waals surface area contributed by atoms with Crippen LogP contribution in [0.2, 0.25) is 0 Å². The summed E-state index contributed by atoms with van der Waals surface area (Å²) in [7, 11) is 0. The van der Waals surface area contributed by atoms with E-state index in [4.69, 9.17) is 5.11 Å². The first-order valence-electron chi connectivity index (χ1n) is 4.61. The number of aromatic carboxylic acids is 1. The summed E-state index contributed by atoms with van der Waals surface area (Å²) in [5.41, 5.74) is 3.73. The van der Waals surface area contributed by atoms with E-state index in [1.807, 2.05) is 0 Å². The molecule has 0 unspecified atom stereocenters. The molecule has 16 heavy (non-hydrogen) atoms. The van der Waals surface area contributed by atoms with Gasteiger partial charge in [-0.1, -0.05) is 12.1 Å². The number of urea groups is 1. The van der Waals surface area contributed by atoms with E-state index in [0.29, 0.717) is 11.3 Å². The minimum atomic E-state index is -0.991. The molecule has 0 atom stereocenters. The van der Waals surface area contributed by atoms with Gasteiger partial charge in [0.25, 0.3) is 0 Å². The Balaban J connectivity index is 2.30. The normalized spacial score (nSPS) is 14.8. The van der Waals surface area contributed by atoms with Crippen LogP contribution in [0, 0.1) is 0 Å². The van der Waals surface area contributed by atoms with Gasteiger partial charge in [0, 0.05) is 5.56 Å². The fourth-order valence-electron chi connectivity index (χ4n) is 1.36. The van der Waals surface area contributed by atoms with Crippen molar-refractivity contribution in [2.75, 3.05) is 6.54 Å². The largest absolute Gasteiger partial charge is 0.478 e. The van der Waals surface area contributed by atoms with Crippen molar-refractivity contribution in [2.45, 2.75) is 0 Å². The maximum Gasteiger partial charge on any atom is 0.335 e. The Bertz CT molecular complexity index is 482. The molecule has 2 rings (SSSR count). The summed E-state index contributed by atoms with van der Waals surface area (Å²) < 4.78 is 0. The van der Waals surface area contributed by atoms with Gasteiger partial charge in [-0.2, -0.15) is 5.10 Å². The molecule has 0 aliphatic carbocycles. The van der Waals surface area contributed by atoms with Crippen molar-refractivity contribution in [1.29, 1.82) is 0 Å². The van der Waals surface area contributed by atoms with Gasteiger partial charge in [0.05, 0.1) is 17.8 Å². The van der Waals surface area contributed by atoms with Crippen LogP contribution < -0.4 is 10.7 Å². The Hall–Kier alpha value is -2.37. The lowest BCUT2D eigenvalue weighted by Gasteiger charge is -2.13. The number of hydrogen-bond acceptors (Lipinski definition) is 3. The SMILES string of the molecule is O=C1NCC(c2cccc(C(=O)O)c2)=NN1. The van der Waals surface area contributed by atoms with Crippen LogP contribution in [0.25, 0.3) is 0 Å². The van der Waals surface area contributed by atoms with E-state index in [1.165, 1.54) is 12.1 Å². The van der Waals surface area contributed by atoms with Gasteiger partial charge in [-0.05, 0) is 12.1 Å². The number of carbonyl (C=O) groups excluding carboxylic acids is 1. The molecule has 1 aliphatic heterocycles. The van der Waals surface area contributed by atoms with E-state index in [-0.39, 0.29) is 18.1 Å². The topological polar surface area (TPSA) is 90.8 Å². The molecular weight excluding hydrogens is 210 g/mol. The molecular formula is C10H9N3O3. The van der Waals surface area contributed by atoms with E-state index in [0.717, 1.165) is 0 Å². The highest BCUT2D eigenvalue weighted by Gasteiger charge is 2.13. The molecule has 0 aromatic heterocycles. The third kappa shape index (κ3) is 2.00. The molecule has 0 bridgehead atoms. The number of benzene rings is 1. The lowest BCUT2D eigenvalue weighted by molar-refractivity contribution is 0.0697. The number of hydrazone groups is 1. The van der Waals surface area contributed by atoms with Crippen molar-refractivity contribution >= 4 is 17.7 Å². The molecule has 0 fully saturated rings. The number of nitrogens with one attached hydrogen (secondary N) is 2. The van der Waals surface area contributed by atoms with E-state index in [9.17, 15) is 9.59 Å². The summed E-state index contributed by atoms with van der Waals surface area (Å²) in [6, 6.07) is 6.03. The molecule has 6 nitrogen and oxygen atoms in total. The van der Waals surface area contributed by atoms with E-state index in [1.54, 1.807) is 12.1 Å². The Morgan fingerprint density at radius 1 is 1.44 bits per heavy atom. The molecule has 0 saturated heterocycles. The highest BCUT2D eigenvalue weighted by molar-refractivity contribution is 6.06. The summed E-state index contributed by atoms with van der Waals surface area (Å²) in [6.07, 6.45) is 0. The predicted octanol–water partition coefficient (Wildman–Crippen LogP) is 0.402. The molecule has 3 N–H and O–H groups in total. The third-order valence-electron chi connectivity index (χ3n) is 2.15. The first kappa shape index (κ1) is 10.2. The van der Waals surface area contributed by atoms with Gasteiger partial charge < -0.3 is 10.4 Å². The Morgan fingerprint density at radius 2 is 2.25 bits per heavy atom. The summed E-state index contributed by atoms with van der Waals surface area (Å²) >= 11 is 0. The number of carboxylic acids is 1. The Labute approximate surface area is 91.0 Å². The second-order valence-corrected chi connectivity index (χ2v) is 3.24. The quantitative estimate of drug-likeness (QED) is 0.672. The lowest BCUT2D eigenvalue weighted by Crippen LogP contribution is -2.42.